The van der Waals surface area contributed by atoms with Gasteiger partial charge in [-0.25, -0.2) is 0 Å². The Kier molecular flexibility index (Phi) is 3.60. The summed E-state index contributed by atoms with van der Waals surface area (Å²) in [6.07, 6.45) is 1.35. The summed E-state index contributed by atoms with van der Waals surface area (Å²) in [5.41, 5.74) is 6.56. The molecule has 1 aromatic heterocycles. The van der Waals surface area contributed by atoms with Gasteiger partial charge in [0, 0.05) is 23.8 Å². The third kappa shape index (κ3) is 2.89. The summed E-state index contributed by atoms with van der Waals surface area (Å²) in [7, 11) is 0. The van der Waals surface area contributed by atoms with Crippen molar-refractivity contribution in [3.8, 4) is 0 Å². The monoisotopic (exact) mass is 272 g/mol. The van der Waals surface area contributed by atoms with E-state index in [0.29, 0.717) is 5.56 Å². The van der Waals surface area contributed by atoms with Crippen LogP contribution in [0.2, 0.25) is 0 Å². The van der Waals surface area contributed by atoms with Crippen LogP contribution in [0.4, 0.5) is 11.5 Å². The van der Waals surface area contributed by atoms with Gasteiger partial charge < -0.3 is 5.73 Å². The highest BCUT2D eigenvalue weighted by Crippen LogP contribution is 2.11. The smallest absolute Gasteiger partial charge is 0.273 e. The van der Waals surface area contributed by atoms with Crippen molar-refractivity contribution in [1.82, 2.24) is 4.68 Å². The highest BCUT2D eigenvalue weighted by atomic mass is 16.6. The molecule has 102 valence electrons. The SMILES string of the molecule is Cc1cc(N)n(/N=C\c2cccc([N+](=O)[O-])c2)c(=O)c1. The van der Waals surface area contributed by atoms with Crippen molar-refractivity contribution in [2.45, 2.75) is 6.92 Å². The van der Waals surface area contributed by atoms with E-state index in [0.717, 1.165) is 10.2 Å². The van der Waals surface area contributed by atoms with Crippen molar-refractivity contribution < 1.29 is 4.92 Å². The average Bonchev–Trinajstić information content (AvgIpc) is 2.37. The summed E-state index contributed by atoms with van der Waals surface area (Å²) < 4.78 is 1.03. The summed E-state index contributed by atoms with van der Waals surface area (Å²) in [4.78, 5) is 21.9. The predicted octanol–water partition coefficient (Wildman–Crippen LogP) is 1.53. The molecule has 0 saturated carbocycles. The molecule has 0 saturated heterocycles. The number of aromatic nitrogens is 1. The Balaban J connectivity index is 2.37. The van der Waals surface area contributed by atoms with Crippen molar-refractivity contribution in [2.24, 2.45) is 5.10 Å². The molecule has 0 bridgehead atoms. The second-order valence-electron chi connectivity index (χ2n) is 4.20. The lowest BCUT2D eigenvalue weighted by atomic mass is 10.2. The molecule has 7 heteroatoms. The van der Waals surface area contributed by atoms with Crippen LogP contribution in [0.15, 0.2) is 46.3 Å². The van der Waals surface area contributed by atoms with Crippen LogP contribution in [0, 0.1) is 17.0 Å². The van der Waals surface area contributed by atoms with Crippen LogP contribution in [0.3, 0.4) is 0 Å². The Bertz CT molecular complexity index is 750. The molecule has 0 atom stereocenters. The van der Waals surface area contributed by atoms with Gasteiger partial charge in [-0.05, 0) is 18.6 Å². The zero-order chi connectivity index (χ0) is 14.7. The summed E-state index contributed by atoms with van der Waals surface area (Å²) in [5, 5.41) is 14.6. The first-order valence-corrected chi connectivity index (χ1v) is 5.75. The number of rotatable bonds is 3. The van der Waals surface area contributed by atoms with Gasteiger partial charge in [0.25, 0.3) is 11.2 Å². The first-order valence-electron chi connectivity index (χ1n) is 5.75. The van der Waals surface area contributed by atoms with E-state index in [2.05, 4.69) is 5.10 Å². The highest BCUT2D eigenvalue weighted by Gasteiger charge is 2.04. The van der Waals surface area contributed by atoms with Gasteiger partial charge in [0.05, 0.1) is 11.1 Å². The molecule has 0 aliphatic carbocycles. The number of hydrogen-bond donors (Lipinski definition) is 1. The number of benzene rings is 1. The first-order chi connectivity index (χ1) is 9.47. The molecule has 0 aliphatic rings. The molecule has 0 amide bonds. The van der Waals surface area contributed by atoms with Crippen LogP contribution < -0.4 is 11.3 Å². The van der Waals surface area contributed by atoms with E-state index in [-0.39, 0.29) is 17.1 Å². The number of hydrogen-bond acceptors (Lipinski definition) is 5. The van der Waals surface area contributed by atoms with E-state index in [4.69, 9.17) is 5.73 Å². The third-order valence-electron chi connectivity index (χ3n) is 2.58. The molecule has 2 rings (SSSR count). The molecule has 20 heavy (non-hydrogen) atoms. The summed E-state index contributed by atoms with van der Waals surface area (Å²) in [5.74, 6) is 0.205. The number of aryl methyl sites for hydroxylation is 1. The van der Waals surface area contributed by atoms with E-state index in [1.807, 2.05) is 0 Å². The lowest BCUT2D eigenvalue weighted by Crippen LogP contribution is -2.19. The zero-order valence-corrected chi connectivity index (χ0v) is 10.7. The normalized spacial score (nSPS) is 10.8. The average molecular weight is 272 g/mol. The van der Waals surface area contributed by atoms with Crippen LogP contribution in [-0.2, 0) is 0 Å². The van der Waals surface area contributed by atoms with Gasteiger partial charge in [-0.1, -0.05) is 12.1 Å². The zero-order valence-electron chi connectivity index (χ0n) is 10.7. The Morgan fingerprint density at radius 1 is 1.35 bits per heavy atom. The molecule has 0 fully saturated rings. The Labute approximate surface area is 114 Å². The van der Waals surface area contributed by atoms with Gasteiger partial charge in [0.1, 0.15) is 5.82 Å². The Morgan fingerprint density at radius 2 is 2.10 bits per heavy atom. The first kappa shape index (κ1) is 13.5. The molecule has 0 unspecified atom stereocenters. The van der Waals surface area contributed by atoms with Crippen LogP contribution >= 0.6 is 0 Å². The standard InChI is InChI=1S/C13H12N4O3/c1-9-5-12(14)16(13(18)6-9)15-8-10-3-2-4-11(7-10)17(19)20/h2-8H,14H2,1H3/b15-8-. The lowest BCUT2D eigenvalue weighted by Gasteiger charge is -2.03. The van der Waals surface area contributed by atoms with E-state index < -0.39 is 4.92 Å². The second-order valence-corrected chi connectivity index (χ2v) is 4.20. The van der Waals surface area contributed by atoms with E-state index >= 15 is 0 Å². The molecule has 7 nitrogen and oxygen atoms in total. The third-order valence-corrected chi connectivity index (χ3v) is 2.58. The fraction of sp³-hybridized carbons (Fsp3) is 0.0769. The van der Waals surface area contributed by atoms with Crippen molar-refractivity contribution in [1.29, 1.82) is 0 Å². The van der Waals surface area contributed by atoms with Gasteiger partial charge in [0.2, 0.25) is 0 Å². The maximum Gasteiger partial charge on any atom is 0.273 e. The maximum atomic E-state index is 11.7. The predicted molar refractivity (Wildman–Crippen MR) is 75.9 cm³/mol. The van der Waals surface area contributed by atoms with Crippen molar-refractivity contribution in [2.75, 3.05) is 5.73 Å². The number of nitrogens with two attached hydrogens (primary N) is 1. The molecule has 0 radical (unpaired) electrons. The van der Waals surface area contributed by atoms with E-state index in [1.54, 1.807) is 25.1 Å². The number of nitrogens with zero attached hydrogens (tertiary/aromatic N) is 3. The van der Waals surface area contributed by atoms with Crippen LogP contribution in [0.25, 0.3) is 0 Å². The van der Waals surface area contributed by atoms with Crippen LogP contribution in [-0.4, -0.2) is 15.8 Å². The second kappa shape index (κ2) is 5.35. The number of pyridine rings is 1. The minimum absolute atomic E-state index is 0.0434. The molecular weight excluding hydrogens is 260 g/mol. The van der Waals surface area contributed by atoms with E-state index in [9.17, 15) is 14.9 Å². The number of nitro benzene ring substituents is 1. The fourth-order valence-corrected chi connectivity index (χ4v) is 1.69. The van der Waals surface area contributed by atoms with Gasteiger partial charge in [-0.3, -0.25) is 14.9 Å². The Morgan fingerprint density at radius 3 is 2.75 bits per heavy atom. The summed E-state index contributed by atoms with van der Waals surface area (Å²) in [6.45, 7) is 1.76. The van der Waals surface area contributed by atoms with Gasteiger partial charge in [0.15, 0.2) is 0 Å². The number of nitrogen functional groups attached to an aromatic ring is 1. The van der Waals surface area contributed by atoms with Crippen LogP contribution in [0.5, 0.6) is 0 Å². The number of anilines is 1. The largest absolute Gasteiger partial charge is 0.384 e. The Hall–Kier alpha value is -2.96. The fourth-order valence-electron chi connectivity index (χ4n) is 1.69. The van der Waals surface area contributed by atoms with Crippen LogP contribution in [0.1, 0.15) is 11.1 Å². The minimum Gasteiger partial charge on any atom is -0.384 e. The van der Waals surface area contributed by atoms with Crippen molar-refractivity contribution in [3.63, 3.8) is 0 Å². The van der Waals surface area contributed by atoms with Gasteiger partial charge >= 0.3 is 0 Å². The van der Waals surface area contributed by atoms with Gasteiger partial charge in [-0.15, -0.1) is 0 Å². The van der Waals surface area contributed by atoms with E-state index in [1.165, 1.54) is 24.4 Å². The highest BCUT2D eigenvalue weighted by molar-refractivity contribution is 5.80. The molecule has 2 N–H and O–H groups in total. The van der Waals surface area contributed by atoms with Crippen molar-refractivity contribution in [3.05, 3.63) is 68.0 Å². The van der Waals surface area contributed by atoms with Crippen molar-refractivity contribution >= 4 is 17.7 Å². The molecule has 0 spiro atoms. The molecule has 1 aromatic carbocycles. The minimum atomic E-state index is -0.496. The topological polar surface area (TPSA) is 104 Å². The molecular formula is C13H12N4O3. The summed E-state index contributed by atoms with van der Waals surface area (Å²) >= 11 is 0. The molecule has 1 heterocycles. The number of nitro groups is 1. The molecule has 2 aromatic rings. The lowest BCUT2D eigenvalue weighted by molar-refractivity contribution is -0.384. The summed E-state index contributed by atoms with van der Waals surface area (Å²) in [6, 6.07) is 8.95. The van der Waals surface area contributed by atoms with Gasteiger partial charge in [-0.2, -0.15) is 9.78 Å². The quantitative estimate of drug-likeness (QED) is 0.519. The maximum absolute atomic E-state index is 11.7. The molecule has 0 aliphatic heterocycles. The number of non-ortho nitro benzene ring substituents is 1.